The molecule has 0 radical (unpaired) electrons. The lowest BCUT2D eigenvalue weighted by Gasteiger charge is -2.37. The Morgan fingerprint density at radius 1 is 1.07 bits per heavy atom. The lowest BCUT2D eigenvalue weighted by atomic mass is 10.1. The summed E-state index contributed by atoms with van der Waals surface area (Å²) >= 11 is 0. The van der Waals surface area contributed by atoms with Crippen LogP contribution in [0.4, 0.5) is 0 Å². The molecule has 5 nitrogen and oxygen atoms in total. The van der Waals surface area contributed by atoms with Crippen LogP contribution in [0.15, 0.2) is 42.5 Å². The van der Waals surface area contributed by atoms with Crippen LogP contribution >= 0.6 is 0 Å². The predicted octanol–water partition coefficient (Wildman–Crippen LogP) is 2.87. The largest absolute Gasteiger partial charge is 0.497 e. The summed E-state index contributed by atoms with van der Waals surface area (Å²) in [6.45, 7) is 8.06. The number of pyridine rings is 1. The molecule has 0 bridgehead atoms. The number of hydrogen-bond donors (Lipinski definition) is 0. The van der Waals surface area contributed by atoms with Gasteiger partial charge >= 0.3 is 0 Å². The summed E-state index contributed by atoms with van der Waals surface area (Å²) in [5.41, 5.74) is 3.43. The summed E-state index contributed by atoms with van der Waals surface area (Å²) < 4.78 is 11.4. The molecule has 0 aliphatic carbocycles. The van der Waals surface area contributed by atoms with Crippen LogP contribution in [0.2, 0.25) is 0 Å². The number of hydrogen-bond acceptors (Lipinski definition) is 5. The average molecular weight is 367 g/mol. The molecule has 0 N–H and O–H groups in total. The molecule has 2 atom stereocenters. The molecular formula is C22H29N3O2. The van der Waals surface area contributed by atoms with E-state index in [9.17, 15) is 0 Å². The Kier molecular flexibility index (Phi) is 5.72. The zero-order valence-electron chi connectivity index (χ0n) is 16.3. The van der Waals surface area contributed by atoms with Gasteiger partial charge in [-0.2, -0.15) is 0 Å². The zero-order chi connectivity index (χ0) is 18.6. The molecule has 4 rings (SSSR count). The van der Waals surface area contributed by atoms with Crippen molar-refractivity contribution in [2.75, 3.05) is 33.3 Å². The standard InChI is InChI=1S/C22H29N3O2/c1-17-4-3-5-19(23-17)16-27-22-12-20-14-24(10-11-25(20)15-22)13-18-6-8-21(26-2)9-7-18/h3-9,20,22H,10-16H2,1-2H3. The van der Waals surface area contributed by atoms with Crippen molar-refractivity contribution >= 4 is 0 Å². The Hall–Kier alpha value is -1.95. The van der Waals surface area contributed by atoms with Gasteiger partial charge in [0.1, 0.15) is 5.75 Å². The molecular weight excluding hydrogens is 338 g/mol. The van der Waals surface area contributed by atoms with Crippen molar-refractivity contribution in [3.05, 3.63) is 59.4 Å². The maximum absolute atomic E-state index is 6.18. The van der Waals surface area contributed by atoms with Crippen molar-refractivity contribution in [2.24, 2.45) is 0 Å². The van der Waals surface area contributed by atoms with E-state index in [1.807, 2.05) is 31.2 Å². The number of ether oxygens (including phenoxy) is 2. The van der Waals surface area contributed by atoms with Crippen molar-refractivity contribution in [3.8, 4) is 5.75 Å². The second-order valence-corrected chi connectivity index (χ2v) is 7.67. The Labute approximate surface area is 161 Å². The van der Waals surface area contributed by atoms with Gasteiger partial charge in [0.05, 0.1) is 25.5 Å². The first-order valence-electron chi connectivity index (χ1n) is 9.83. The highest BCUT2D eigenvalue weighted by Gasteiger charge is 2.36. The molecule has 3 heterocycles. The van der Waals surface area contributed by atoms with Crippen LogP contribution in [0.5, 0.6) is 5.75 Å². The van der Waals surface area contributed by atoms with Gasteiger partial charge in [0.2, 0.25) is 0 Å². The molecule has 2 aliphatic heterocycles. The van der Waals surface area contributed by atoms with Gasteiger partial charge in [-0.1, -0.05) is 18.2 Å². The number of benzene rings is 1. The van der Waals surface area contributed by atoms with Gasteiger partial charge in [-0.15, -0.1) is 0 Å². The van der Waals surface area contributed by atoms with E-state index in [0.29, 0.717) is 18.8 Å². The minimum Gasteiger partial charge on any atom is -0.497 e. The lowest BCUT2D eigenvalue weighted by Crippen LogP contribution is -2.49. The van der Waals surface area contributed by atoms with Crippen LogP contribution in [0.3, 0.4) is 0 Å². The van der Waals surface area contributed by atoms with Crippen LogP contribution in [-0.2, 0) is 17.9 Å². The summed E-state index contributed by atoms with van der Waals surface area (Å²) in [6.07, 6.45) is 1.43. The van der Waals surface area contributed by atoms with E-state index in [1.54, 1.807) is 7.11 Å². The van der Waals surface area contributed by atoms with E-state index in [0.717, 1.165) is 56.3 Å². The third-order valence-electron chi connectivity index (χ3n) is 5.64. The average Bonchev–Trinajstić information content (AvgIpc) is 3.09. The molecule has 0 spiro atoms. The van der Waals surface area contributed by atoms with Crippen LogP contribution in [-0.4, -0.2) is 60.2 Å². The van der Waals surface area contributed by atoms with E-state index in [1.165, 1.54) is 5.56 Å². The number of nitrogens with zero attached hydrogens (tertiary/aromatic N) is 3. The second-order valence-electron chi connectivity index (χ2n) is 7.67. The summed E-state index contributed by atoms with van der Waals surface area (Å²) in [5.74, 6) is 0.919. The normalized spacial score (nSPS) is 23.3. The van der Waals surface area contributed by atoms with Gasteiger partial charge in [0.25, 0.3) is 0 Å². The van der Waals surface area contributed by atoms with Crippen molar-refractivity contribution in [1.82, 2.24) is 14.8 Å². The zero-order valence-corrected chi connectivity index (χ0v) is 16.3. The topological polar surface area (TPSA) is 37.8 Å². The molecule has 2 fully saturated rings. The smallest absolute Gasteiger partial charge is 0.118 e. The van der Waals surface area contributed by atoms with Gasteiger partial charge in [-0.3, -0.25) is 14.8 Å². The third kappa shape index (κ3) is 4.67. The van der Waals surface area contributed by atoms with E-state index >= 15 is 0 Å². The summed E-state index contributed by atoms with van der Waals surface area (Å²) in [6, 6.07) is 15.2. The van der Waals surface area contributed by atoms with E-state index in [-0.39, 0.29) is 0 Å². The monoisotopic (exact) mass is 367 g/mol. The molecule has 2 aliphatic rings. The van der Waals surface area contributed by atoms with E-state index < -0.39 is 0 Å². The predicted molar refractivity (Wildman–Crippen MR) is 106 cm³/mol. The van der Waals surface area contributed by atoms with Crippen molar-refractivity contribution in [2.45, 2.75) is 38.6 Å². The highest BCUT2D eigenvalue weighted by molar-refractivity contribution is 5.27. The Morgan fingerprint density at radius 3 is 2.70 bits per heavy atom. The number of piperazine rings is 1. The first-order chi connectivity index (χ1) is 13.2. The minimum absolute atomic E-state index is 0.318. The molecule has 144 valence electrons. The van der Waals surface area contributed by atoms with Crippen LogP contribution in [0, 0.1) is 6.92 Å². The Balaban J connectivity index is 1.27. The fourth-order valence-corrected chi connectivity index (χ4v) is 4.20. The van der Waals surface area contributed by atoms with Gasteiger partial charge in [0, 0.05) is 44.5 Å². The van der Waals surface area contributed by atoms with Crippen LogP contribution < -0.4 is 4.74 Å². The summed E-state index contributed by atoms with van der Waals surface area (Å²) in [5, 5.41) is 0. The van der Waals surface area contributed by atoms with Gasteiger partial charge in [-0.05, 0) is 43.2 Å². The van der Waals surface area contributed by atoms with E-state index in [2.05, 4.69) is 33.0 Å². The lowest BCUT2D eigenvalue weighted by molar-refractivity contribution is 0.0439. The fraction of sp³-hybridized carbons (Fsp3) is 0.500. The quantitative estimate of drug-likeness (QED) is 0.785. The highest BCUT2D eigenvalue weighted by Crippen LogP contribution is 2.26. The molecule has 2 saturated heterocycles. The number of aryl methyl sites for hydroxylation is 1. The van der Waals surface area contributed by atoms with Gasteiger partial charge in [-0.25, -0.2) is 0 Å². The van der Waals surface area contributed by atoms with Crippen LogP contribution in [0.1, 0.15) is 23.4 Å². The van der Waals surface area contributed by atoms with Crippen molar-refractivity contribution in [3.63, 3.8) is 0 Å². The molecule has 2 aromatic rings. The van der Waals surface area contributed by atoms with Crippen molar-refractivity contribution in [1.29, 1.82) is 0 Å². The molecule has 1 aromatic carbocycles. The number of methoxy groups -OCH3 is 1. The molecule has 2 unspecified atom stereocenters. The first kappa shape index (κ1) is 18.4. The highest BCUT2D eigenvalue weighted by atomic mass is 16.5. The van der Waals surface area contributed by atoms with Crippen molar-refractivity contribution < 1.29 is 9.47 Å². The molecule has 0 amide bonds. The molecule has 0 saturated carbocycles. The number of fused-ring (bicyclic) bond motifs is 1. The maximum atomic E-state index is 6.18. The molecule has 1 aromatic heterocycles. The number of aromatic nitrogens is 1. The van der Waals surface area contributed by atoms with Crippen LogP contribution in [0.25, 0.3) is 0 Å². The second kappa shape index (κ2) is 8.38. The molecule has 27 heavy (non-hydrogen) atoms. The summed E-state index contributed by atoms with van der Waals surface area (Å²) in [7, 11) is 1.71. The number of rotatable bonds is 6. The SMILES string of the molecule is COc1ccc(CN2CCN3CC(OCc4cccc(C)n4)CC3C2)cc1. The third-order valence-corrected chi connectivity index (χ3v) is 5.64. The van der Waals surface area contributed by atoms with Gasteiger partial charge < -0.3 is 9.47 Å². The first-order valence-corrected chi connectivity index (χ1v) is 9.83. The minimum atomic E-state index is 0.318. The maximum Gasteiger partial charge on any atom is 0.118 e. The summed E-state index contributed by atoms with van der Waals surface area (Å²) in [4.78, 5) is 9.70. The molecule has 5 heteroatoms. The Bertz CT molecular complexity index is 749. The van der Waals surface area contributed by atoms with E-state index in [4.69, 9.17) is 9.47 Å². The Morgan fingerprint density at radius 2 is 1.93 bits per heavy atom. The van der Waals surface area contributed by atoms with Gasteiger partial charge in [0.15, 0.2) is 0 Å². The fourth-order valence-electron chi connectivity index (χ4n) is 4.20.